The second-order valence-electron chi connectivity index (χ2n) is 6.02. The van der Waals surface area contributed by atoms with Gasteiger partial charge in [-0.1, -0.05) is 0 Å². The van der Waals surface area contributed by atoms with Gasteiger partial charge in [0.1, 0.15) is 6.07 Å². The summed E-state index contributed by atoms with van der Waals surface area (Å²) in [6.45, 7) is 1.60. The molecule has 0 bridgehead atoms. The summed E-state index contributed by atoms with van der Waals surface area (Å²) in [5.74, 6) is 0.000594. The highest BCUT2D eigenvalue weighted by Gasteiger charge is 2.27. The highest BCUT2D eigenvalue weighted by molar-refractivity contribution is 5.93. The number of rotatable bonds is 3. The molecular weight excluding hydrogens is 304 g/mol. The molecule has 24 heavy (non-hydrogen) atoms. The van der Waals surface area contributed by atoms with Gasteiger partial charge in [-0.2, -0.15) is 10.4 Å². The smallest absolute Gasteiger partial charge is 0.257 e. The van der Waals surface area contributed by atoms with Gasteiger partial charge in [-0.05, 0) is 25.0 Å². The Balaban J connectivity index is 1.64. The molecule has 1 saturated heterocycles. The van der Waals surface area contributed by atoms with Crippen LogP contribution >= 0.6 is 0 Å². The third-order valence-corrected chi connectivity index (χ3v) is 4.52. The number of hydrogen-bond acceptors (Lipinski definition) is 5. The van der Waals surface area contributed by atoms with Gasteiger partial charge in [0.25, 0.3) is 5.91 Å². The summed E-state index contributed by atoms with van der Waals surface area (Å²) in [6, 6.07) is 6.11. The fourth-order valence-corrected chi connectivity index (χ4v) is 3.13. The Hall–Kier alpha value is -2.88. The Labute approximate surface area is 141 Å². The van der Waals surface area contributed by atoms with Gasteiger partial charge in [0.2, 0.25) is 0 Å². The van der Waals surface area contributed by atoms with E-state index in [9.17, 15) is 10.1 Å². The molecular formula is C17H20N6O. The predicted octanol–water partition coefficient (Wildman–Crippen LogP) is 1.43. The van der Waals surface area contributed by atoms with Crippen molar-refractivity contribution in [2.45, 2.75) is 18.9 Å². The van der Waals surface area contributed by atoms with E-state index in [-0.39, 0.29) is 11.9 Å². The lowest BCUT2D eigenvalue weighted by atomic mass is 10.0. The quantitative estimate of drug-likeness (QED) is 0.853. The van der Waals surface area contributed by atoms with Gasteiger partial charge in [-0.25, -0.2) is 4.98 Å². The van der Waals surface area contributed by atoms with Gasteiger partial charge >= 0.3 is 0 Å². The predicted molar refractivity (Wildman–Crippen MR) is 89.5 cm³/mol. The van der Waals surface area contributed by atoms with Gasteiger partial charge in [-0.15, -0.1) is 0 Å². The van der Waals surface area contributed by atoms with Crippen LogP contribution in [-0.4, -0.2) is 51.8 Å². The molecule has 0 aliphatic carbocycles. The second-order valence-corrected chi connectivity index (χ2v) is 6.02. The van der Waals surface area contributed by atoms with Crippen molar-refractivity contribution in [2.24, 2.45) is 7.05 Å². The number of amides is 1. The van der Waals surface area contributed by atoms with E-state index in [0.717, 1.165) is 31.6 Å². The zero-order chi connectivity index (χ0) is 17.1. The normalized spacial score (nSPS) is 15.1. The number of nitriles is 1. The summed E-state index contributed by atoms with van der Waals surface area (Å²) in [7, 11) is 3.65. The standard InChI is InChI=1S/C17H20N6O/c1-21-12-13(11-20-21)17(24)22(2)14-5-8-23(9-6-14)16-4-3-7-19-15(16)10-18/h3-4,7,11-12,14H,5-6,8-9H2,1-2H3. The number of pyridine rings is 1. The summed E-state index contributed by atoms with van der Waals surface area (Å²) < 4.78 is 1.63. The van der Waals surface area contributed by atoms with Crippen molar-refractivity contribution < 1.29 is 4.79 Å². The summed E-state index contributed by atoms with van der Waals surface area (Å²) in [5, 5.41) is 13.2. The van der Waals surface area contributed by atoms with Crippen LogP contribution in [0.4, 0.5) is 5.69 Å². The van der Waals surface area contributed by atoms with Crippen molar-refractivity contribution in [1.29, 1.82) is 5.26 Å². The molecule has 1 aliphatic rings. The van der Waals surface area contributed by atoms with E-state index in [2.05, 4.69) is 21.1 Å². The Morgan fingerprint density at radius 2 is 2.17 bits per heavy atom. The molecule has 0 N–H and O–H groups in total. The molecule has 0 spiro atoms. The molecule has 1 amide bonds. The van der Waals surface area contributed by atoms with Gasteiger partial charge < -0.3 is 9.80 Å². The highest BCUT2D eigenvalue weighted by Crippen LogP contribution is 2.24. The van der Waals surface area contributed by atoms with Crippen LogP contribution in [0.2, 0.25) is 0 Å². The molecule has 0 atom stereocenters. The van der Waals surface area contributed by atoms with Crippen molar-refractivity contribution in [3.8, 4) is 6.07 Å². The topological polar surface area (TPSA) is 78.1 Å². The second kappa shape index (κ2) is 6.71. The van der Waals surface area contributed by atoms with E-state index in [1.165, 1.54) is 0 Å². The number of carbonyl (C=O) groups is 1. The number of carbonyl (C=O) groups excluding carboxylic acids is 1. The van der Waals surface area contributed by atoms with Crippen LogP contribution < -0.4 is 4.90 Å². The third-order valence-electron chi connectivity index (χ3n) is 4.52. The van der Waals surface area contributed by atoms with E-state index >= 15 is 0 Å². The number of aromatic nitrogens is 3. The summed E-state index contributed by atoms with van der Waals surface area (Å²) >= 11 is 0. The third kappa shape index (κ3) is 3.08. The minimum atomic E-state index is 0.000594. The maximum atomic E-state index is 12.5. The van der Waals surface area contributed by atoms with Crippen LogP contribution in [0, 0.1) is 11.3 Å². The first-order valence-corrected chi connectivity index (χ1v) is 7.96. The monoisotopic (exact) mass is 324 g/mol. The Bertz CT molecular complexity index is 769. The van der Waals surface area contributed by atoms with Crippen molar-refractivity contribution in [3.63, 3.8) is 0 Å². The lowest BCUT2D eigenvalue weighted by molar-refractivity contribution is 0.0709. The van der Waals surface area contributed by atoms with Gasteiger partial charge in [0, 0.05) is 45.6 Å². The number of anilines is 1. The highest BCUT2D eigenvalue weighted by atomic mass is 16.2. The molecule has 0 saturated carbocycles. The van der Waals surface area contributed by atoms with Crippen LogP contribution in [0.25, 0.3) is 0 Å². The molecule has 2 aromatic rings. The summed E-state index contributed by atoms with van der Waals surface area (Å²) in [4.78, 5) is 20.6. The zero-order valence-corrected chi connectivity index (χ0v) is 13.9. The van der Waals surface area contributed by atoms with Gasteiger partial charge in [-0.3, -0.25) is 9.48 Å². The van der Waals surface area contributed by atoms with E-state index in [4.69, 9.17) is 0 Å². The first-order valence-electron chi connectivity index (χ1n) is 7.96. The molecule has 3 rings (SSSR count). The average Bonchev–Trinajstić information content (AvgIpc) is 3.07. The summed E-state index contributed by atoms with van der Waals surface area (Å²) in [6.07, 6.45) is 6.70. The first-order chi connectivity index (χ1) is 11.6. The molecule has 1 aliphatic heterocycles. The Kier molecular flexibility index (Phi) is 4.47. The molecule has 124 valence electrons. The van der Waals surface area contributed by atoms with Crippen molar-refractivity contribution in [3.05, 3.63) is 42.0 Å². The number of piperidine rings is 1. The van der Waals surface area contributed by atoms with Crippen LogP contribution in [0.1, 0.15) is 28.9 Å². The van der Waals surface area contributed by atoms with E-state index in [1.54, 1.807) is 30.3 Å². The van der Waals surface area contributed by atoms with Crippen molar-refractivity contribution in [2.75, 3.05) is 25.0 Å². The molecule has 3 heterocycles. The fourth-order valence-electron chi connectivity index (χ4n) is 3.13. The van der Waals surface area contributed by atoms with Gasteiger partial charge in [0.15, 0.2) is 5.69 Å². The van der Waals surface area contributed by atoms with Crippen molar-refractivity contribution in [1.82, 2.24) is 19.7 Å². The molecule has 0 aromatic carbocycles. The SMILES string of the molecule is CN(C(=O)c1cnn(C)c1)C1CCN(c2cccnc2C#N)CC1. The maximum absolute atomic E-state index is 12.5. The summed E-state index contributed by atoms with van der Waals surface area (Å²) in [5.41, 5.74) is 1.94. The minimum absolute atomic E-state index is 0.000594. The fraction of sp³-hybridized carbons (Fsp3) is 0.412. The zero-order valence-electron chi connectivity index (χ0n) is 13.9. The molecule has 0 radical (unpaired) electrons. The van der Waals surface area contributed by atoms with Crippen LogP contribution in [0.3, 0.4) is 0 Å². The Morgan fingerprint density at radius 1 is 1.42 bits per heavy atom. The molecule has 2 aromatic heterocycles. The maximum Gasteiger partial charge on any atom is 0.257 e. The first kappa shape index (κ1) is 16.0. The lowest BCUT2D eigenvalue weighted by Crippen LogP contribution is -2.45. The molecule has 7 nitrogen and oxygen atoms in total. The minimum Gasteiger partial charge on any atom is -0.369 e. The van der Waals surface area contributed by atoms with Crippen molar-refractivity contribution >= 4 is 11.6 Å². The van der Waals surface area contributed by atoms with E-state index in [0.29, 0.717) is 11.3 Å². The average molecular weight is 324 g/mol. The molecule has 7 heteroatoms. The van der Waals surface area contributed by atoms with Crippen LogP contribution in [0.15, 0.2) is 30.7 Å². The van der Waals surface area contributed by atoms with Crippen LogP contribution in [-0.2, 0) is 7.05 Å². The van der Waals surface area contributed by atoms with E-state index in [1.807, 2.05) is 24.1 Å². The molecule has 0 unspecified atom stereocenters. The van der Waals surface area contributed by atoms with E-state index < -0.39 is 0 Å². The van der Waals surface area contributed by atoms with Crippen LogP contribution in [0.5, 0.6) is 0 Å². The number of aryl methyl sites for hydroxylation is 1. The molecule has 1 fully saturated rings. The lowest BCUT2D eigenvalue weighted by Gasteiger charge is -2.37. The Morgan fingerprint density at radius 3 is 2.79 bits per heavy atom. The largest absolute Gasteiger partial charge is 0.369 e. The number of hydrogen-bond donors (Lipinski definition) is 0. The van der Waals surface area contributed by atoms with Gasteiger partial charge in [0.05, 0.1) is 17.4 Å². The number of nitrogens with zero attached hydrogens (tertiary/aromatic N) is 6.